The summed E-state index contributed by atoms with van der Waals surface area (Å²) in [5.41, 5.74) is -0.891. The Morgan fingerprint density at radius 3 is 2.07 bits per heavy atom. The molecule has 0 aromatic heterocycles. The average molecular weight is 468 g/mol. The van der Waals surface area contributed by atoms with Crippen LogP contribution in [0.3, 0.4) is 0 Å². The predicted octanol–water partition coefficient (Wildman–Crippen LogP) is 4.95. The third-order valence-electron chi connectivity index (χ3n) is 3.91. The molecule has 1 aliphatic heterocycles. The van der Waals surface area contributed by atoms with Gasteiger partial charge in [0.15, 0.2) is 16.7 Å². The molecule has 0 atom stereocenters. The maximum Gasteiger partial charge on any atom is 0.230 e. The Kier molecular flexibility index (Phi) is 5.87. The van der Waals surface area contributed by atoms with Crippen molar-refractivity contribution in [1.82, 2.24) is 0 Å². The van der Waals surface area contributed by atoms with Gasteiger partial charge in [-0.15, -0.1) is 0 Å². The zero-order chi connectivity index (χ0) is 22.3. The molecule has 6 nitrogen and oxygen atoms in total. The molecule has 0 spiro atoms. The molecule has 0 aliphatic carbocycles. The Balaban J connectivity index is 1.85. The van der Waals surface area contributed by atoms with E-state index in [0.717, 1.165) is 0 Å². The lowest BCUT2D eigenvalue weighted by Gasteiger charge is -2.14. The highest BCUT2D eigenvalue weighted by atomic mass is 35.5. The molecule has 1 heterocycles. The van der Waals surface area contributed by atoms with Crippen molar-refractivity contribution in [2.75, 3.05) is 5.94 Å². The highest BCUT2D eigenvalue weighted by Gasteiger charge is 2.37. The smallest absolute Gasteiger partial charge is 0.230 e. The molecule has 0 saturated carbocycles. The Morgan fingerprint density at radius 1 is 1.03 bits per heavy atom. The largest absolute Gasteiger partial charge is 0.471 e. The zero-order valence-corrected chi connectivity index (χ0v) is 17.1. The van der Waals surface area contributed by atoms with Crippen molar-refractivity contribution >= 4 is 26.5 Å². The molecule has 0 amide bonds. The van der Waals surface area contributed by atoms with Crippen molar-refractivity contribution in [3.8, 4) is 17.2 Å². The number of sulfone groups is 1. The Labute approximate surface area is 173 Å². The van der Waals surface area contributed by atoms with Gasteiger partial charge < -0.3 is 14.3 Å². The van der Waals surface area contributed by atoms with Gasteiger partial charge in [0.25, 0.3) is 0 Å². The lowest BCUT2D eigenvalue weighted by molar-refractivity contribution is 0.0123. The Morgan fingerprint density at radius 2 is 1.57 bits per heavy atom. The van der Waals surface area contributed by atoms with Crippen LogP contribution in [0.4, 0.5) is 17.6 Å². The highest BCUT2D eigenvalue weighted by molar-refractivity contribution is 8.06. The van der Waals surface area contributed by atoms with Gasteiger partial charge in [0, 0.05) is 11.4 Å². The summed E-state index contributed by atoms with van der Waals surface area (Å²) in [6.45, 7) is 3.15. The summed E-state index contributed by atoms with van der Waals surface area (Å²) in [7, 11) is -4.27. The molecule has 12 heteroatoms. The Bertz CT molecular complexity index is 1090. The summed E-state index contributed by atoms with van der Waals surface area (Å²) < 4.78 is 91.0. The van der Waals surface area contributed by atoms with Crippen molar-refractivity contribution in [1.29, 1.82) is 0 Å². The number of rotatable bonds is 5. The maximum atomic E-state index is 14.3. The van der Waals surface area contributed by atoms with Gasteiger partial charge in [-0.2, -0.15) is 17.6 Å². The molecule has 2 aromatic rings. The fourth-order valence-electron chi connectivity index (χ4n) is 2.40. The molecular weight excluding hydrogens is 454 g/mol. The highest BCUT2D eigenvalue weighted by Crippen LogP contribution is 2.37. The molecule has 0 unspecified atom stereocenters. The Hall–Kier alpha value is -2.53. The van der Waals surface area contributed by atoms with Crippen LogP contribution >= 0.6 is 11.6 Å². The van der Waals surface area contributed by atoms with E-state index in [1.54, 1.807) is 13.8 Å². The molecule has 0 bridgehead atoms. The minimum atomic E-state index is -4.27. The summed E-state index contributed by atoms with van der Waals surface area (Å²) in [5.74, 6) is -12.1. The van der Waals surface area contributed by atoms with Crippen molar-refractivity contribution in [3.63, 3.8) is 0 Å². The van der Waals surface area contributed by atoms with Gasteiger partial charge in [0.2, 0.25) is 38.9 Å². The van der Waals surface area contributed by atoms with Crippen LogP contribution in [0.15, 0.2) is 29.4 Å². The first-order valence-electron chi connectivity index (χ1n) is 8.31. The van der Waals surface area contributed by atoms with E-state index >= 15 is 0 Å². The lowest BCUT2D eigenvalue weighted by atomic mass is 10.1. The van der Waals surface area contributed by atoms with Crippen molar-refractivity contribution in [2.24, 2.45) is 5.16 Å². The second kappa shape index (κ2) is 7.95. The van der Waals surface area contributed by atoms with Crippen LogP contribution in [0.1, 0.15) is 20.3 Å². The minimum Gasteiger partial charge on any atom is -0.471 e. The maximum absolute atomic E-state index is 14.3. The van der Waals surface area contributed by atoms with Gasteiger partial charge in [0.05, 0.1) is 0 Å². The summed E-state index contributed by atoms with van der Waals surface area (Å²) in [6.07, 6.45) is -0.111. The first-order valence-corrected chi connectivity index (χ1v) is 10.3. The molecule has 3 rings (SSSR count). The number of ether oxygens (including phenoxy) is 2. The summed E-state index contributed by atoms with van der Waals surface area (Å²) >= 11 is 5.68. The molecular formula is C18H14ClF4NO5S. The van der Waals surface area contributed by atoms with E-state index in [0.29, 0.717) is 5.02 Å². The van der Waals surface area contributed by atoms with Crippen LogP contribution in [0, 0.1) is 23.3 Å². The molecule has 0 N–H and O–H groups in total. The second-order valence-electron chi connectivity index (χ2n) is 6.86. The molecule has 30 heavy (non-hydrogen) atoms. The molecule has 0 radical (unpaired) electrons. The molecule has 2 aromatic carbocycles. The van der Waals surface area contributed by atoms with Crippen LogP contribution in [0.2, 0.25) is 5.02 Å². The first kappa shape index (κ1) is 22.2. The quantitative estimate of drug-likeness (QED) is 0.459. The van der Waals surface area contributed by atoms with Gasteiger partial charge >= 0.3 is 0 Å². The van der Waals surface area contributed by atoms with E-state index in [-0.39, 0.29) is 12.2 Å². The molecule has 1 aliphatic rings. The topological polar surface area (TPSA) is 74.2 Å². The minimum absolute atomic E-state index is 0.111. The average Bonchev–Trinajstić information content (AvgIpc) is 3.06. The zero-order valence-electron chi connectivity index (χ0n) is 15.5. The second-order valence-corrected chi connectivity index (χ2v) is 9.23. The number of benzene rings is 2. The standard InChI is InChI=1S/C18H14ClF4NO5S/c1-18(2)7-11(24-29-18)30(25,26)8-27-16-12(20)14(22)17(15(23)13(16)21)28-10-5-3-9(19)4-6-10/h3-6H,7-8H2,1-2H3. The van der Waals surface area contributed by atoms with Crippen LogP contribution in [0.25, 0.3) is 0 Å². The van der Waals surface area contributed by atoms with Crippen molar-refractivity contribution in [3.05, 3.63) is 52.6 Å². The predicted molar refractivity (Wildman–Crippen MR) is 99.4 cm³/mol. The summed E-state index contributed by atoms with van der Waals surface area (Å²) in [5, 5.41) is 3.28. The SMILES string of the molecule is CC1(C)CC(S(=O)(=O)COc2c(F)c(F)c(Oc3ccc(Cl)cc3)c(F)c2F)=NO1. The monoisotopic (exact) mass is 467 g/mol. The van der Waals surface area contributed by atoms with E-state index in [1.165, 1.54) is 24.3 Å². The summed E-state index contributed by atoms with van der Waals surface area (Å²) in [6, 6.07) is 5.11. The van der Waals surface area contributed by atoms with E-state index < -0.39 is 61.2 Å². The van der Waals surface area contributed by atoms with Gasteiger partial charge in [-0.1, -0.05) is 16.8 Å². The normalized spacial score (nSPS) is 15.5. The first-order chi connectivity index (χ1) is 13.9. The number of nitrogens with zero attached hydrogens (tertiary/aromatic N) is 1. The fraction of sp³-hybridized carbons (Fsp3) is 0.278. The van der Waals surface area contributed by atoms with E-state index in [9.17, 15) is 26.0 Å². The van der Waals surface area contributed by atoms with E-state index in [4.69, 9.17) is 21.2 Å². The van der Waals surface area contributed by atoms with Crippen LogP contribution in [-0.2, 0) is 14.7 Å². The van der Waals surface area contributed by atoms with Gasteiger partial charge in [-0.3, -0.25) is 0 Å². The van der Waals surface area contributed by atoms with E-state index in [1.807, 2.05) is 0 Å². The lowest BCUT2D eigenvalue weighted by Crippen LogP contribution is -2.26. The van der Waals surface area contributed by atoms with E-state index in [2.05, 4.69) is 9.89 Å². The third kappa shape index (κ3) is 4.46. The fourth-order valence-corrected chi connectivity index (χ4v) is 3.66. The number of hydrogen-bond acceptors (Lipinski definition) is 6. The third-order valence-corrected chi connectivity index (χ3v) is 5.52. The number of oxime groups is 1. The summed E-state index contributed by atoms with van der Waals surface area (Å²) in [4.78, 5) is 4.92. The van der Waals surface area contributed by atoms with Gasteiger partial charge in [0.1, 0.15) is 11.4 Å². The van der Waals surface area contributed by atoms with Crippen LogP contribution in [0.5, 0.6) is 17.2 Å². The van der Waals surface area contributed by atoms with Crippen molar-refractivity contribution < 1.29 is 40.3 Å². The van der Waals surface area contributed by atoms with Crippen molar-refractivity contribution in [2.45, 2.75) is 25.9 Å². The molecule has 0 saturated heterocycles. The van der Waals surface area contributed by atoms with Gasteiger partial charge in [-0.05, 0) is 38.1 Å². The number of hydrogen-bond donors (Lipinski definition) is 0. The van der Waals surface area contributed by atoms with Crippen LogP contribution < -0.4 is 9.47 Å². The molecule has 162 valence electrons. The molecule has 0 fully saturated rings. The number of halogens is 5. The van der Waals surface area contributed by atoms with Gasteiger partial charge in [-0.25, -0.2) is 8.42 Å². The van der Waals surface area contributed by atoms with Crippen LogP contribution in [-0.4, -0.2) is 25.0 Å².